The van der Waals surface area contributed by atoms with E-state index in [9.17, 15) is 4.79 Å². The molecule has 0 aliphatic heterocycles. The Morgan fingerprint density at radius 3 is 2.61 bits per heavy atom. The van der Waals surface area contributed by atoms with Gasteiger partial charge in [-0.2, -0.15) is 0 Å². The minimum absolute atomic E-state index is 0.119. The molecular formula is C14H12ClNO2. The molecule has 0 spiro atoms. The molecule has 1 aromatic heterocycles. The molecule has 0 fully saturated rings. The molecule has 3 nitrogen and oxygen atoms in total. The highest BCUT2D eigenvalue weighted by atomic mass is 35.5. The molecule has 2 aromatic rings. The third kappa shape index (κ3) is 2.51. The van der Waals surface area contributed by atoms with E-state index in [0.717, 1.165) is 11.3 Å². The van der Waals surface area contributed by atoms with Gasteiger partial charge >= 0.3 is 0 Å². The Hall–Kier alpha value is -1.87. The Labute approximate surface area is 110 Å². The molecule has 0 aliphatic rings. The Kier molecular flexibility index (Phi) is 3.63. The number of methoxy groups -OCH3 is 1. The number of benzene rings is 1. The molecule has 0 radical (unpaired) electrons. The first-order chi connectivity index (χ1) is 8.61. The van der Waals surface area contributed by atoms with Gasteiger partial charge in [0.25, 0.3) is 0 Å². The number of hydrogen-bond donors (Lipinski definition) is 0. The number of ketones is 1. The second-order valence-electron chi connectivity index (χ2n) is 3.87. The van der Waals surface area contributed by atoms with Gasteiger partial charge in [0, 0.05) is 11.8 Å². The van der Waals surface area contributed by atoms with Gasteiger partial charge in [-0.15, -0.1) is 0 Å². The fourth-order valence-corrected chi connectivity index (χ4v) is 1.78. The van der Waals surface area contributed by atoms with E-state index in [0.29, 0.717) is 16.3 Å². The summed E-state index contributed by atoms with van der Waals surface area (Å²) in [5, 5.41) is 0.512. The lowest BCUT2D eigenvalue weighted by atomic mass is 10.0. The van der Waals surface area contributed by atoms with E-state index in [2.05, 4.69) is 4.98 Å². The van der Waals surface area contributed by atoms with Crippen molar-refractivity contribution in [2.75, 3.05) is 7.11 Å². The van der Waals surface area contributed by atoms with Crippen LogP contribution in [0.25, 0.3) is 0 Å². The zero-order valence-electron chi connectivity index (χ0n) is 10.1. The maximum Gasteiger partial charge on any atom is 0.211 e. The summed E-state index contributed by atoms with van der Waals surface area (Å²) in [4.78, 5) is 16.3. The zero-order valence-corrected chi connectivity index (χ0v) is 10.9. The molecule has 0 bridgehead atoms. The minimum atomic E-state index is -0.119. The standard InChI is InChI=1S/C14H12ClNO2/c1-9-7-11(18-2)4-5-12(9)14(17)13-6-3-10(15)8-16-13/h3-8H,1-2H3. The smallest absolute Gasteiger partial charge is 0.211 e. The van der Waals surface area contributed by atoms with E-state index in [-0.39, 0.29) is 5.78 Å². The fourth-order valence-electron chi connectivity index (χ4n) is 1.67. The Morgan fingerprint density at radius 1 is 1.28 bits per heavy atom. The summed E-state index contributed by atoms with van der Waals surface area (Å²) in [5.41, 5.74) is 1.86. The van der Waals surface area contributed by atoms with Crippen molar-refractivity contribution in [3.8, 4) is 5.75 Å². The van der Waals surface area contributed by atoms with Crippen LogP contribution in [0, 0.1) is 6.92 Å². The van der Waals surface area contributed by atoms with Crippen molar-refractivity contribution in [1.82, 2.24) is 4.98 Å². The number of nitrogens with zero attached hydrogens (tertiary/aromatic N) is 1. The predicted octanol–water partition coefficient (Wildman–Crippen LogP) is 3.28. The van der Waals surface area contributed by atoms with Crippen molar-refractivity contribution >= 4 is 17.4 Å². The van der Waals surface area contributed by atoms with Crippen molar-refractivity contribution in [2.45, 2.75) is 6.92 Å². The molecule has 1 heterocycles. The van der Waals surface area contributed by atoms with Gasteiger partial charge in [-0.05, 0) is 42.8 Å². The number of carbonyl (C=O) groups excluding carboxylic acids is 1. The Balaban J connectivity index is 2.37. The third-order valence-electron chi connectivity index (χ3n) is 2.64. The maximum absolute atomic E-state index is 12.2. The van der Waals surface area contributed by atoms with E-state index < -0.39 is 0 Å². The van der Waals surface area contributed by atoms with Crippen molar-refractivity contribution in [2.24, 2.45) is 0 Å². The number of carbonyl (C=O) groups is 1. The van der Waals surface area contributed by atoms with Crippen LogP contribution in [0.3, 0.4) is 0 Å². The van der Waals surface area contributed by atoms with Crippen molar-refractivity contribution in [1.29, 1.82) is 0 Å². The van der Waals surface area contributed by atoms with Crippen molar-refractivity contribution < 1.29 is 9.53 Å². The predicted molar refractivity (Wildman–Crippen MR) is 70.4 cm³/mol. The fraction of sp³-hybridized carbons (Fsp3) is 0.143. The number of ether oxygens (including phenoxy) is 1. The van der Waals surface area contributed by atoms with Gasteiger partial charge in [-0.3, -0.25) is 9.78 Å². The van der Waals surface area contributed by atoms with Crippen LogP contribution in [0.5, 0.6) is 5.75 Å². The van der Waals surface area contributed by atoms with Gasteiger partial charge in [-0.25, -0.2) is 0 Å². The van der Waals surface area contributed by atoms with E-state index in [1.807, 2.05) is 13.0 Å². The topological polar surface area (TPSA) is 39.2 Å². The van der Waals surface area contributed by atoms with Crippen LogP contribution in [-0.2, 0) is 0 Å². The highest BCUT2D eigenvalue weighted by Crippen LogP contribution is 2.19. The summed E-state index contributed by atoms with van der Waals surface area (Å²) >= 11 is 5.74. The van der Waals surface area contributed by atoms with Crippen LogP contribution in [0.1, 0.15) is 21.6 Å². The molecule has 18 heavy (non-hydrogen) atoms. The lowest BCUT2D eigenvalue weighted by Crippen LogP contribution is -2.05. The molecule has 2 rings (SSSR count). The van der Waals surface area contributed by atoms with Crippen LogP contribution in [0.15, 0.2) is 36.5 Å². The average Bonchev–Trinajstić information content (AvgIpc) is 2.38. The molecule has 0 saturated heterocycles. The number of aromatic nitrogens is 1. The Bertz CT molecular complexity index is 579. The molecule has 92 valence electrons. The summed E-state index contributed by atoms with van der Waals surface area (Å²) < 4.78 is 5.11. The first-order valence-electron chi connectivity index (χ1n) is 5.42. The lowest BCUT2D eigenvalue weighted by Gasteiger charge is -2.06. The number of rotatable bonds is 3. The summed E-state index contributed by atoms with van der Waals surface area (Å²) in [7, 11) is 1.59. The second-order valence-corrected chi connectivity index (χ2v) is 4.31. The average molecular weight is 262 g/mol. The molecule has 4 heteroatoms. The van der Waals surface area contributed by atoms with E-state index in [1.165, 1.54) is 6.20 Å². The molecule has 1 aromatic carbocycles. The monoisotopic (exact) mass is 261 g/mol. The minimum Gasteiger partial charge on any atom is -0.497 e. The first-order valence-corrected chi connectivity index (χ1v) is 5.80. The van der Waals surface area contributed by atoms with Crippen molar-refractivity contribution in [3.63, 3.8) is 0 Å². The molecule has 0 atom stereocenters. The number of aryl methyl sites for hydroxylation is 1. The summed E-state index contributed by atoms with van der Waals surface area (Å²) in [6.45, 7) is 1.87. The van der Waals surface area contributed by atoms with Gasteiger partial charge in [-0.1, -0.05) is 11.6 Å². The molecular weight excluding hydrogens is 250 g/mol. The van der Waals surface area contributed by atoms with Gasteiger partial charge in [0.15, 0.2) is 0 Å². The van der Waals surface area contributed by atoms with Crippen LogP contribution in [0.4, 0.5) is 0 Å². The summed E-state index contributed by atoms with van der Waals surface area (Å²) in [6, 6.07) is 8.60. The quantitative estimate of drug-likeness (QED) is 0.796. The molecule has 0 N–H and O–H groups in total. The van der Waals surface area contributed by atoms with Crippen LogP contribution in [-0.4, -0.2) is 17.9 Å². The normalized spacial score (nSPS) is 10.2. The van der Waals surface area contributed by atoms with Crippen LogP contribution in [0.2, 0.25) is 5.02 Å². The van der Waals surface area contributed by atoms with E-state index in [1.54, 1.807) is 31.4 Å². The third-order valence-corrected chi connectivity index (χ3v) is 2.86. The largest absolute Gasteiger partial charge is 0.497 e. The second kappa shape index (κ2) is 5.19. The molecule has 0 saturated carbocycles. The summed E-state index contributed by atoms with van der Waals surface area (Å²) in [5.74, 6) is 0.611. The van der Waals surface area contributed by atoms with Crippen LogP contribution < -0.4 is 4.74 Å². The zero-order chi connectivity index (χ0) is 13.1. The number of hydrogen-bond acceptors (Lipinski definition) is 3. The number of pyridine rings is 1. The first kappa shape index (κ1) is 12.6. The molecule has 0 aliphatic carbocycles. The molecule has 0 unspecified atom stereocenters. The van der Waals surface area contributed by atoms with Crippen molar-refractivity contribution in [3.05, 3.63) is 58.4 Å². The Morgan fingerprint density at radius 2 is 2.06 bits per heavy atom. The van der Waals surface area contributed by atoms with Gasteiger partial charge in [0.1, 0.15) is 11.4 Å². The van der Waals surface area contributed by atoms with E-state index in [4.69, 9.17) is 16.3 Å². The van der Waals surface area contributed by atoms with Gasteiger partial charge < -0.3 is 4.74 Å². The van der Waals surface area contributed by atoms with Gasteiger partial charge in [0.2, 0.25) is 5.78 Å². The van der Waals surface area contributed by atoms with Crippen LogP contribution >= 0.6 is 11.6 Å². The summed E-state index contributed by atoms with van der Waals surface area (Å²) in [6.07, 6.45) is 1.47. The number of halogens is 1. The highest BCUT2D eigenvalue weighted by molar-refractivity contribution is 6.30. The lowest BCUT2D eigenvalue weighted by molar-refractivity contribution is 0.103. The highest BCUT2D eigenvalue weighted by Gasteiger charge is 2.13. The molecule has 0 amide bonds. The maximum atomic E-state index is 12.2. The SMILES string of the molecule is COc1ccc(C(=O)c2ccc(Cl)cn2)c(C)c1. The van der Waals surface area contributed by atoms with E-state index >= 15 is 0 Å². The van der Waals surface area contributed by atoms with Gasteiger partial charge in [0.05, 0.1) is 12.1 Å².